The van der Waals surface area contributed by atoms with Crippen LogP contribution in [0, 0.1) is 5.41 Å². The van der Waals surface area contributed by atoms with Crippen molar-refractivity contribution in [3.8, 4) is 0 Å². The first-order chi connectivity index (χ1) is 10.0. The number of aliphatic hydroxyl groups is 1. The standard InChI is InChI=1S/C17H17NO3/c1-17(9-10-17)15(20)13-14(19)12(18-16(13)21)8-7-11-5-3-2-4-6-11/h2-6,19H,7-10H2,1H3. The fraction of sp³-hybridized carbons (Fsp3) is 0.353. The number of carbonyl (C=O) groups excluding carboxylic acids is 2. The number of nitrogens with zero attached hydrogens (tertiary/aromatic N) is 1. The second kappa shape index (κ2) is 4.95. The maximum Gasteiger partial charge on any atom is 0.284 e. The third-order valence-corrected chi connectivity index (χ3v) is 4.23. The van der Waals surface area contributed by atoms with E-state index >= 15 is 0 Å². The molecule has 0 atom stereocenters. The summed E-state index contributed by atoms with van der Waals surface area (Å²) in [5.74, 6) is -1.06. The molecule has 1 aromatic carbocycles. The third-order valence-electron chi connectivity index (χ3n) is 4.23. The zero-order chi connectivity index (χ0) is 15.0. The largest absolute Gasteiger partial charge is 0.505 e. The van der Waals surface area contributed by atoms with Crippen molar-refractivity contribution in [2.75, 3.05) is 0 Å². The maximum atomic E-state index is 12.3. The van der Waals surface area contributed by atoms with E-state index in [4.69, 9.17) is 0 Å². The van der Waals surface area contributed by atoms with Gasteiger partial charge in [-0.3, -0.25) is 9.59 Å². The number of aryl methyl sites for hydroxylation is 1. The fourth-order valence-corrected chi connectivity index (χ4v) is 2.48. The highest BCUT2D eigenvalue weighted by atomic mass is 16.3. The topological polar surface area (TPSA) is 66.7 Å². The monoisotopic (exact) mass is 283 g/mol. The molecule has 3 rings (SSSR count). The van der Waals surface area contributed by atoms with Crippen molar-refractivity contribution in [2.45, 2.75) is 32.6 Å². The van der Waals surface area contributed by atoms with Gasteiger partial charge in [0.05, 0.1) is 5.71 Å². The molecule has 1 aliphatic carbocycles. The van der Waals surface area contributed by atoms with Crippen LogP contribution in [0.4, 0.5) is 0 Å². The smallest absolute Gasteiger partial charge is 0.284 e. The molecule has 1 aliphatic heterocycles. The summed E-state index contributed by atoms with van der Waals surface area (Å²) < 4.78 is 0. The SMILES string of the molecule is CC1(C(=O)C2=C(O)C(CCc3ccccc3)=NC2=O)CC1. The van der Waals surface area contributed by atoms with Crippen LogP contribution < -0.4 is 0 Å². The number of allylic oxidation sites excluding steroid dienone is 1. The van der Waals surface area contributed by atoms with Crippen molar-refractivity contribution < 1.29 is 14.7 Å². The van der Waals surface area contributed by atoms with E-state index in [-0.39, 0.29) is 17.1 Å². The molecule has 1 N–H and O–H groups in total. The zero-order valence-corrected chi connectivity index (χ0v) is 11.9. The molecule has 21 heavy (non-hydrogen) atoms. The van der Waals surface area contributed by atoms with Gasteiger partial charge in [-0.25, -0.2) is 4.99 Å². The molecule has 108 valence electrons. The van der Waals surface area contributed by atoms with E-state index in [1.807, 2.05) is 37.3 Å². The number of benzene rings is 1. The second-order valence-corrected chi connectivity index (χ2v) is 5.96. The number of Topliss-reactive ketones (excluding diaryl/α,β-unsaturated/α-hetero) is 1. The summed E-state index contributed by atoms with van der Waals surface area (Å²) in [5, 5.41) is 10.2. The first kappa shape index (κ1) is 13.7. The number of aliphatic hydroxyl groups excluding tert-OH is 1. The average molecular weight is 283 g/mol. The molecule has 1 aromatic rings. The van der Waals surface area contributed by atoms with Crippen molar-refractivity contribution in [1.29, 1.82) is 0 Å². The van der Waals surface area contributed by atoms with Crippen molar-refractivity contribution in [3.05, 3.63) is 47.2 Å². The minimum Gasteiger partial charge on any atom is -0.505 e. The molecule has 0 spiro atoms. The fourth-order valence-electron chi connectivity index (χ4n) is 2.48. The summed E-state index contributed by atoms with van der Waals surface area (Å²) in [6.07, 6.45) is 2.68. The van der Waals surface area contributed by atoms with E-state index in [1.165, 1.54) is 0 Å². The number of hydrogen-bond donors (Lipinski definition) is 1. The molecule has 1 saturated carbocycles. The molecule has 1 fully saturated rings. The van der Waals surface area contributed by atoms with Gasteiger partial charge in [-0.2, -0.15) is 0 Å². The Morgan fingerprint density at radius 1 is 1.24 bits per heavy atom. The Kier molecular flexibility index (Phi) is 3.24. The molecule has 0 radical (unpaired) electrons. The summed E-state index contributed by atoms with van der Waals surface area (Å²) in [7, 11) is 0. The lowest BCUT2D eigenvalue weighted by Gasteiger charge is -2.07. The third kappa shape index (κ3) is 2.53. The predicted molar refractivity (Wildman–Crippen MR) is 79.2 cm³/mol. The van der Waals surface area contributed by atoms with Gasteiger partial charge >= 0.3 is 0 Å². The van der Waals surface area contributed by atoms with E-state index in [9.17, 15) is 14.7 Å². The minimum absolute atomic E-state index is 0.113. The van der Waals surface area contributed by atoms with Crippen molar-refractivity contribution in [1.82, 2.24) is 0 Å². The molecule has 1 amide bonds. The van der Waals surface area contributed by atoms with Crippen LogP contribution in [0.25, 0.3) is 0 Å². The van der Waals surface area contributed by atoms with E-state index < -0.39 is 11.3 Å². The van der Waals surface area contributed by atoms with Gasteiger partial charge in [-0.05, 0) is 31.2 Å². The lowest BCUT2D eigenvalue weighted by atomic mass is 9.95. The normalized spacial score (nSPS) is 19.7. The van der Waals surface area contributed by atoms with Crippen LogP contribution in [0.3, 0.4) is 0 Å². The Labute approximate surface area is 123 Å². The number of amides is 1. The highest BCUT2D eigenvalue weighted by Crippen LogP contribution is 2.48. The van der Waals surface area contributed by atoms with E-state index in [2.05, 4.69) is 4.99 Å². The van der Waals surface area contributed by atoms with Crippen molar-refractivity contribution in [2.24, 2.45) is 10.4 Å². The summed E-state index contributed by atoms with van der Waals surface area (Å²) in [5.41, 5.74) is 0.854. The van der Waals surface area contributed by atoms with Gasteiger partial charge < -0.3 is 5.11 Å². The molecular weight excluding hydrogens is 266 g/mol. The Morgan fingerprint density at radius 3 is 2.52 bits per heavy atom. The Bertz CT molecular complexity index is 667. The lowest BCUT2D eigenvalue weighted by Crippen LogP contribution is -2.19. The van der Waals surface area contributed by atoms with Gasteiger partial charge in [-0.1, -0.05) is 37.3 Å². The molecule has 0 aromatic heterocycles. The van der Waals surface area contributed by atoms with Crippen molar-refractivity contribution in [3.63, 3.8) is 0 Å². The first-order valence-electron chi connectivity index (χ1n) is 7.15. The predicted octanol–water partition coefficient (Wildman–Crippen LogP) is 2.78. The van der Waals surface area contributed by atoms with Gasteiger partial charge in [0.15, 0.2) is 11.5 Å². The maximum absolute atomic E-state index is 12.3. The Balaban J connectivity index is 1.75. The van der Waals surface area contributed by atoms with Crippen LogP contribution in [0.15, 0.2) is 46.7 Å². The van der Waals surface area contributed by atoms with Gasteiger partial charge in [0.1, 0.15) is 5.57 Å². The Morgan fingerprint density at radius 2 is 1.90 bits per heavy atom. The second-order valence-electron chi connectivity index (χ2n) is 5.96. The van der Waals surface area contributed by atoms with E-state index in [0.29, 0.717) is 18.6 Å². The molecule has 4 nitrogen and oxygen atoms in total. The highest BCUT2D eigenvalue weighted by Gasteiger charge is 2.49. The van der Waals surface area contributed by atoms with Gasteiger partial charge in [0, 0.05) is 5.41 Å². The minimum atomic E-state index is -0.589. The summed E-state index contributed by atoms with van der Waals surface area (Å²) in [4.78, 5) is 28.0. The van der Waals surface area contributed by atoms with Crippen LogP contribution in [0.1, 0.15) is 31.7 Å². The van der Waals surface area contributed by atoms with Crippen LogP contribution in [0.2, 0.25) is 0 Å². The lowest BCUT2D eigenvalue weighted by molar-refractivity contribution is -0.123. The number of hydrogen-bond acceptors (Lipinski definition) is 3. The number of ketones is 1. The molecular formula is C17H17NO3. The van der Waals surface area contributed by atoms with E-state index in [1.54, 1.807) is 0 Å². The van der Waals surface area contributed by atoms with Crippen LogP contribution in [-0.2, 0) is 16.0 Å². The number of rotatable bonds is 5. The van der Waals surface area contributed by atoms with Crippen molar-refractivity contribution >= 4 is 17.4 Å². The molecule has 0 bridgehead atoms. The van der Waals surface area contributed by atoms with Gasteiger partial charge in [-0.15, -0.1) is 0 Å². The quantitative estimate of drug-likeness (QED) is 0.845. The van der Waals surface area contributed by atoms with Gasteiger partial charge in [0.2, 0.25) is 0 Å². The van der Waals surface area contributed by atoms with Gasteiger partial charge in [0.25, 0.3) is 5.91 Å². The van der Waals surface area contributed by atoms with Crippen LogP contribution in [0.5, 0.6) is 0 Å². The number of aliphatic imine (C=N–C) groups is 1. The molecule has 0 unspecified atom stereocenters. The number of carbonyl (C=O) groups is 2. The first-order valence-corrected chi connectivity index (χ1v) is 7.15. The molecule has 0 saturated heterocycles. The van der Waals surface area contributed by atoms with Crippen LogP contribution >= 0.6 is 0 Å². The highest BCUT2D eigenvalue weighted by molar-refractivity contribution is 6.32. The summed E-state index contributed by atoms with van der Waals surface area (Å²) in [6, 6.07) is 9.78. The van der Waals surface area contributed by atoms with E-state index in [0.717, 1.165) is 18.4 Å². The van der Waals surface area contributed by atoms with Crippen LogP contribution in [-0.4, -0.2) is 22.5 Å². The molecule has 1 heterocycles. The zero-order valence-electron chi connectivity index (χ0n) is 11.9. The summed E-state index contributed by atoms with van der Waals surface area (Å²) in [6.45, 7) is 1.82. The average Bonchev–Trinajstić information content (AvgIpc) is 3.17. The Hall–Kier alpha value is -2.23. The summed E-state index contributed by atoms with van der Waals surface area (Å²) >= 11 is 0. The molecule has 4 heteroatoms. The molecule has 2 aliphatic rings.